The SMILES string of the molecule is CC(=O)C1C(c2ccc3c(c2)CCN(C)C3)=C(c2cc(Cl)c(O)cc2O)ON1C. The number of ketones is 1. The van der Waals surface area contributed by atoms with Gasteiger partial charge in [-0.1, -0.05) is 29.8 Å². The van der Waals surface area contributed by atoms with E-state index in [9.17, 15) is 15.0 Å². The number of halogens is 1. The van der Waals surface area contributed by atoms with E-state index in [1.54, 1.807) is 7.05 Å². The third-order valence-electron chi connectivity index (χ3n) is 5.53. The first-order valence-electron chi connectivity index (χ1n) is 9.44. The quantitative estimate of drug-likeness (QED) is 0.801. The Labute approximate surface area is 174 Å². The van der Waals surface area contributed by atoms with Crippen LogP contribution in [-0.4, -0.2) is 52.6 Å². The molecule has 7 heteroatoms. The van der Waals surface area contributed by atoms with E-state index in [1.807, 2.05) is 6.07 Å². The third-order valence-corrected chi connectivity index (χ3v) is 5.83. The van der Waals surface area contributed by atoms with E-state index < -0.39 is 6.04 Å². The average Bonchev–Trinajstić information content (AvgIpc) is 3.01. The number of aromatic hydroxyl groups is 2. The number of hydrogen-bond acceptors (Lipinski definition) is 6. The number of hydroxylamine groups is 2. The molecule has 0 spiro atoms. The Morgan fingerprint density at radius 1 is 1.14 bits per heavy atom. The fourth-order valence-electron chi connectivity index (χ4n) is 4.09. The first-order chi connectivity index (χ1) is 13.8. The Kier molecular flexibility index (Phi) is 5.02. The minimum Gasteiger partial charge on any atom is -0.507 e. The number of nitrogens with zero attached hydrogens (tertiary/aromatic N) is 2. The smallest absolute Gasteiger partial charge is 0.164 e. The van der Waals surface area contributed by atoms with E-state index >= 15 is 0 Å². The second-order valence-electron chi connectivity index (χ2n) is 7.69. The number of fused-ring (bicyclic) bond motifs is 1. The van der Waals surface area contributed by atoms with Crippen LogP contribution in [0.4, 0.5) is 0 Å². The Morgan fingerprint density at radius 3 is 2.62 bits per heavy atom. The van der Waals surface area contributed by atoms with Crippen LogP contribution < -0.4 is 0 Å². The minimum absolute atomic E-state index is 0.0701. The molecule has 6 nitrogen and oxygen atoms in total. The molecule has 4 rings (SSSR count). The molecule has 2 aliphatic rings. The molecule has 152 valence electrons. The molecule has 29 heavy (non-hydrogen) atoms. The lowest BCUT2D eigenvalue weighted by Crippen LogP contribution is -2.33. The van der Waals surface area contributed by atoms with Crippen LogP contribution in [0.1, 0.15) is 29.2 Å². The van der Waals surface area contributed by atoms with E-state index in [0.29, 0.717) is 16.9 Å². The van der Waals surface area contributed by atoms with E-state index in [-0.39, 0.29) is 22.3 Å². The number of phenolic OH excluding ortho intramolecular Hbond substituents is 2. The van der Waals surface area contributed by atoms with Crippen LogP contribution in [0.2, 0.25) is 5.02 Å². The fraction of sp³-hybridized carbons (Fsp3) is 0.318. The standard InChI is InChI=1S/C22H23ClN2O4/c1-12(26)21-20(14-4-5-15-11-24(2)7-6-13(15)8-14)22(29-25(21)3)16-9-17(23)19(28)10-18(16)27/h4-5,8-10,21,27-28H,6-7,11H2,1-3H3. The van der Waals surface area contributed by atoms with Crippen molar-refractivity contribution in [2.45, 2.75) is 25.9 Å². The van der Waals surface area contributed by atoms with Gasteiger partial charge in [-0.05, 0) is 43.1 Å². The summed E-state index contributed by atoms with van der Waals surface area (Å²) < 4.78 is 0. The zero-order valence-corrected chi connectivity index (χ0v) is 17.3. The van der Waals surface area contributed by atoms with Crippen molar-refractivity contribution in [1.29, 1.82) is 0 Å². The van der Waals surface area contributed by atoms with Crippen molar-refractivity contribution >= 4 is 28.7 Å². The van der Waals surface area contributed by atoms with Gasteiger partial charge < -0.3 is 20.0 Å². The van der Waals surface area contributed by atoms with Gasteiger partial charge >= 0.3 is 0 Å². The summed E-state index contributed by atoms with van der Waals surface area (Å²) in [6, 6.07) is 8.20. The van der Waals surface area contributed by atoms with Crippen molar-refractivity contribution in [2.24, 2.45) is 0 Å². The van der Waals surface area contributed by atoms with Crippen molar-refractivity contribution in [3.63, 3.8) is 0 Å². The molecule has 0 saturated carbocycles. The first kappa shape index (κ1) is 19.8. The summed E-state index contributed by atoms with van der Waals surface area (Å²) >= 11 is 6.08. The van der Waals surface area contributed by atoms with Crippen LogP contribution in [0.15, 0.2) is 30.3 Å². The number of benzene rings is 2. The molecular formula is C22H23ClN2O4. The van der Waals surface area contributed by atoms with Crippen LogP contribution >= 0.6 is 11.6 Å². The van der Waals surface area contributed by atoms with E-state index in [4.69, 9.17) is 16.4 Å². The molecule has 2 N–H and O–H groups in total. The van der Waals surface area contributed by atoms with Crippen LogP contribution in [0, 0.1) is 0 Å². The normalized spacial score (nSPS) is 19.9. The summed E-state index contributed by atoms with van der Waals surface area (Å²) in [6.45, 7) is 3.39. The summed E-state index contributed by atoms with van der Waals surface area (Å²) in [5, 5.41) is 21.8. The van der Waals surface area contributed by atoms with Crippen molar-refractivity contribution in [1.82, 2.24) is 9.96 Å². The molecule has 0 aromatic heterocycles. The van der Waals surface area contributed by atoms with Crippen LogP contribution in [0.5, 0.6) is 11.5 Å². The average molecular weight is 415 g/mol. The molecule has 2 heterocycles. The maximum absolute atomic E-state index is 12.5. The molecule has 0 amide bonds. The largest absolute Gasteiger partial charge is 0.507 e. The third kappa shape index (κ3) is 3.48. The summed E-state index contributed by atoms with van der Waals surface area (Å²) in [4.78, 5) is 20.6. The number of rotatable bonds is 3. The van der Waals surface area contributed by atoms with Gasteiger partial charge in [-0.15, -0.1) is 5.06 Å². The number of carbonyl (C=O) groups excluding carboxylic acids is 1. The van der Waals surface area contributed by atoms with Crippen LogP contribution in [0.3, 0.4) is 0 Å². The number of carbonyl (C=O) groups is 1. The highest BCUT2D eigenvalue weighted by Gasteiger charge is 2.38. The molecule has 2 aromatic rings. The summed E-state index contributed by atoms with van der Waals surface area (Å²) in [5.41, 5.74) is 4.40. The van der Waals surface area contributed by atoms with E-state index in [1.165, 1.54) is 35.2 Å². The lowest BCUT2D eigenvalue weighted by Gasteiger charge is -2.26. The lowest BCUT2D eigenvalue weighted by atomic mass is 9.89. The maximum Gasteiger partial charge on any atom is 0.164 e. The topological polar surface area (TPSA) is 73.2 Å². The predicted molar refractivity (Wildman–Crippen MR) is 111 cm³/mol. The molecular weight excluding hydrogens is 392 g/mol. The Hall–Kier alpha value is -2.54. The van der Waals surface area contributed by atoms with Gasteiger partial charge in [0.25, 0.3) is 0 Å². The summed E-state index contributed by atoms with van der Waals surface area (Å²) in [6.07, 6.45) is 0.931. The van der Waals surface area contributed by atoms with Gasteiger partial charge in [0.2, 0.25) is 0 Å². The lowest BCUT2D eigenvalue weighted by molar-refractivity contribution is -0.131. The molecule has 0 aliphatic carbocycles. The zero-order chi connectivity index (χ0) is 20.9. The second-order valence-corrected chi connectivity index (χ2v) is 8.09. The molecule has 0 bridgehead atoms. The summed E-state index contributed by atoms with van der Waals surface area (Å²) in [5.74, 6) is -0.0988. The number of phenols is 2. The van der Waals surface area contributed by atoms with Gasteiger partial charge in [0.1, 0.15) is 17.5 Å². The molecule has 1 unspecified atom stereocenters. The minimum atomic E-state index is -0.610. The van der Waals surface area contributed by atoms with Crippen LogP contribution in [-0.2, 0) is 22.6 Å². The number of likely N-dealkylation sites (N-methyl/N-ethyl adjacent to an activating group) is 2. The maximum atomic E-state index is 12.5. The Morgan fingerprint density at radius 2 is 1.90 bits per heavy atom. The monoisotopic (exact) mass is 414 g/mol. The van der Waals surface area contributed by atoms with Crippen molar-refractivity contribution in [3.05, 3.63) is 57.6 Å². The van der Waals surface area contributed by atoms with Gasteiger partial charge in [-0.25, -0.2) is 0 Å². The number of hydrogen-bond donors (Lipinski definition) is 2. The van der Waals surface area contributed by atoms with E-state index in [0.717, 1.165) is 25.1 Å². The Balaban J connectivity index is 1.91. The van der Waals surface area contributed by atoms with Gasteiger partial charge in [0.15, 0.2) is 11.5 Å². The van der Waals surface area contributed by atoms with Crippen molar-refractivity contribution in [2.75, 3.05) is 20.6 Å². The molecule has 2 aliphatic heterocycles. The summed E-state index contributed by atoms with van der Waals surface area (Å²) in [7, 11) is 3.78. The van der Waals surface area contributed by atoms with Crippen molar-refractivity contribution in [3.8, 4) is 11.5 Å². The molecule has 2 aromatic carbocycles. The van der Waals surface area contributed by atoms with Gasteiger partial charge in [0, 0.05) is 31.8 Å². The highest BCUT2D eigenvalue weighted by atomic mass is 35.5. The fourth-order valence-corrected chi connectivity index (χ4v) is 4.25. The second kappa shape index (κ2) is 7.37. The van der Waals surface area contributed by atoms with Crippen molar-refractivity contribution < 1.29 is 19.8 Å². The molecule has 0 fully saturated rings. The van der Waals surface area contributed by atoms with Gasteiger partial charge in [-0.3, -0.25) is 4.79 Å². The zero-order valence-electron chi connectivity index (χ0n) is 16.6. The Bertz CT molecular complexity index is 1030. The van der Waals surface area contributed by atoms with Gasteiger partial charge in [0.05, 0.1) is 10.6 Å². The molecule has 0 saturated heterocycles. The predicted octanol–water partition coefficient (Wildman–Crippen LogP) is 3.44. The highest BCUT2D eigenvalue weighted by Crippen LogP contribution is 2.44. The molecule has 0 radical (unpaired) electrons. The highest BCUT2D eigenvalue weighted by molar-refractivity contribution is 6.32. The van der Waals surface area contributed by atoms with Gasteiger partial charge in [-0.2, -0.15) is 0 Å². The number of Topliss-reactive ketones (excluding diaryl/α,β-unsaturated/α-hetero) is 1. The molecule has 1 atom stereocenters. The van der Waals surface area contributed by atoms with Crippen LogP contribution in [0.25, 0.3) is 11.3 Å². The first-order valence-corrected chi connectivity index (χ1v) is 9.82. The van der Waals surface area contributed by atoms with E-state index in [2.05, 4.69) is 24.1 Å².